The van der Waals surface area contributed by atoms with Crippen molar-refractivity contribution >= 4 is 17.9 Å². The van der Waals surface area contributed by atoms with Gasteiger partial charge >= 0.3 is 5.97 Å². The molecule has 0 atom stereocenters. The summed E-state index contributed by atoms with van der Waals surface area (Å²) in [5.41, 5.74) is 2.16. The number of aryl methyl sites for hydroxylation is 1. The average Bonchev–Trinajstić information content (AvgIpc) is 2.83. The van der Waals surface area contributed by atoms with Gasteiger partial charge in [0.1, 0.15) is 5.82 Å². The summed E-state index contributed by atoms with van der Waals surface area (Å²) in [5, 5.41) is 0. The minimum atomic E-state index is -0.574. The number of carbonyl (C=O) groups is 1. The van der Waals surface area contributed by atoms with Gasteiger partial charge in [0.2, 0.25) is 5.90 Å². The molecule has 1 aliphatic heterocycles. The van der Waals surface area contributed by atoms with Crippen molar-refractivity contribution in [3.63, 3.8) is 0 Å². The van der Waals surface area contributed by atoms with E-state index in [0.717, 1.165) is 11.1 Å². The molecule has 1 aliphatic rings. The first-order chi connectivity index (χ1) is 10.1. The molecule has 3 rings (SSSR count). The Bertz CT molecular complexity index is 778. The highest BCUT2D eigenvalue weighted by atomic mass is 19.1. The van der Waals surface area contributed by atoms with Crippen molar-refractivity contribution in [2.24, 2.45) is 4.99 Å². The molecule has 4 heteroatoms. The third kappa shape index (κ3) is 2.74. The summed E-state index contributed by atoms with van der Waals surface area (Å²) < 4.78 is 18.7. The number of esters is 1. The van der Waals surface area contributed by atoms with Gasteiger partial charge in [-0.1, -0.05) is 35.9 Å². The van der Waals surface area contributed by atoms with Crippen molar-refractivity contribution in [2.45, 2.75) is 6.92 Å². The molecule has 0 aliphatic carbocycles. The second kappa shape index (κ2) is 5.32. The van der Waals surface area contributed by atoms with Crippen LogP contribution in [0.15, 0.2) is 59.2 Å². The van der Waals surface area contributed by atoms with Crippen molar-refractivity contribution in [1.82, 2.24) is 0 Å². The minimum absolute atomic E-state index is 0.0941. The zero-order chi connectivity index (χ0) is 14.8. The molecule has 0 N–H and O–H groups in total. The number of benzene rings is 2. The van der Waals surface area contributed by atoms with Gasteiger partial charge < -0.3 is 4.74 Å². The van der Waals surface area contributed by atoms with E-state index in [2.05, 4.69) is 4.99 Å². The van der Waals surface area contributed by atoms with Crippen molar-refractivity contribution in [3.05, 3.63) is 76.7 Å². The second-order valence-corrected chi connectivity index (χ2v) is 4.73. The number of rotatable bonds is 2. The third-order valence-electron chi connectivity index (χ3n) is 3.08. The van der Waals surface area contributed by atoms with Gasteiger partial charge in [0, 0.05) is 11.1 Å². The van der Waals surface area contributed by atoms with Crippen LogP contribution in [0.3, 0.4) is 0 Å². The van der Waals surface area contributed by atoms with E-state index in [1.54, 1.807) is 18.2 Å². The molecule has 104 valence electrons. The van der Waals surface area contributed by atoms with Gasteiger partial charge in [-0.25, -0.2) is 14.2 Å². The molecule has 0 fully saturated rings. The number of nitrogens with zero attached hydrogens (tertiary/aromatic N) is 1. The van der Waals surface area contributed by atoms with Gasteiger partial charge in [0.05, 0.1) is 0 Å². The maximum atomic E-state index is 13.6. The molecule has 0 amide bonds. The van der Waals surface area contributed by atoms with Crippen LogP contribution in [0.2, 0.25) is 0 Å². The van der Waals surface area contributed by atoms with Gasteiger partial charge in [-0.2, -0.15) is 0 Å². The molecular weight excluding hydrogens is 269 g/mol. The van der Waals surface area contributed by atoms with Gasteiger partial charge in [-0.15, -0.1) is 0 Å². The predicted octanol–water partition coefficient (Wildman–Crippen LogP) is 3.48. The van der Waals surface area contributed by atoms with Crippen molar-refractivity contribution < 1.29 is 13.9 Å². The summed E-state index contributed by atoms with van der Waals surface area (Å²) >= 11 is 0. The Hall–Kier alpha value is -2.75. The lowest BCUT2D eigenvalue weighted by Gasteiger charge is -1.99. The Morgan fingerprint density at radius 1 is 1.14 bits per heavy atom. The number of aliphatic imine (C=N–C) groups is 1. The molecule has 21 heavy (non-hydrogen) atoms. The highest BCUT2D eigenvalue weighted by Crippen LogP contribution is 2.20. The van der Waals surface area contributed by atoms with Crippen molar-refractivity contribution in [1.29, 1.82) is 0 Å². The summed E-state index contributed by atoms with van der Waals surface area (Å²) in [6.45, 7) is 1.94. The monoisotopic (exact) mass is 281 g/mol. The fourth-order valence-corrected chi connectivity index (χ4v) is 2.05. The quantitative estimate of drug-likeness (QED) is 0.624. The Balaban J connectivity index is 1.98. The predicted molar refractivity (Wildman–Crippen MR) is 78.2 cm³/mol. The first-order valence-electron chi connectivity index (χ1n) is 6.47. The van der Waals surface area contributed by atoms with Crippen LogP contribution in [0.1, 0.15) is 16.7 Å². The van der Waals surface area contributed by atoms with E-state index >= 15 is 0 Å². The Kier molecular flexibility index (Phi) is 3.36. The normalized spacial score (nSPS) is 16.0. The summed E-state index contributed by atoms with van der Waals surface area (Å²) in [5.74, 6) is -0.738. The first kappa shape index (κ1) is 13.2. The van der Waals surface area contributed by atoms with Crippen LogP contribution < -0.4 is 0 Å². The molecule has 0 saturated carbocycles. The number of carbonyl (C=O) groups excluding carboxylic acids is 1. The fourth-order valence-electron chi connectivity index (χ4n) is 2.05. The SMILES string of the molecule is Cc1cccc(C2=NC(=Cc3ccccc3F)C(=O)O2)c1. The zero-order valence-electron chi connectivity index (χ0n) is 11.3. The highest BCUT2D eigenvalue weighted by molar-refractivity contribution is 6.12. The molecule has 0 bridgehead atoms. The number of hydrogen-bond acceptors (Lipinski definition) is 3. The van der Waals surface area contributed by atoms with Crippen LogP contribution in [0.25, 0.3) is 6.08 Å². The fraction of sp³-hybridized carbons (Fsp3) is 0.0588. The Morgan fingerprint density at radius 2 is 1.95 bits per heavy atom. The van der Waals surface area contributed by atoms with Crippen molar-refractivity contribution in [2.75, 3.05) is 0 Å². The van der Waals surface area contributed by atoms with E-state index < -0.39 is 11.8 Å². The molecule has 2 aromatic rings. The van der Waals surface area contributed by atoms with Crippen LogP contribution in [0, 0.1) is 12.7 Å². The van der Waals surface area contributed by atoms with E-state index in [9.17, 15) is 9.18 Å². The molecule has 2 aromatic carbocycles. The van der Waals surface area contributed by atoms with Gasteiger partial charge in [-0.3, -0.25) is 0 Å². The lowest BCUT2D eigenvalue weighted by atomic mass is 10.1. The molecule has 0 saturated heterocycles. The van der Waals surface area contributed by atoms with E-state index in [1.165, 1.54) is 12.1 Å². The highest BCUT2D eigenvalue weighted by Gasteiger charge is 2.24. The Morgan fingerprint density at radius 3 is 2.71 bits per heavy atom. The Labute approximate surface area is 121 Å². The van der Waals surface area contributed by atoms with E-state index in [-0.39, 0.29) is 11.6 Å². The van der Waals surface area contributed by atoms with E-state index in [0.29, 0.717) is 5.56 Å². The average molecular weight is 281 g/mol. The molecule has 1 heterocycles. The molecule has 3 nitrogen and oxygen atoms in total. The number of ether oxygens (including phenoxy) is 1. The van der Waals surface area contributed by atoms with E-state index in [1.807, 2.05) is 31.2 Å². The smallest absolute Gasteiger partial charge is 0.363 e. The molecular formula is C17H12FNO2. The van der Waals surface area contributed by atoms with Crippen LogP contribution in [0.4, 0.5) is 4.39 Å². The van der Waals surface area contributed by atoms with Crippen LogP contribution in [-0.2, 0) is 9.53 Å². The van der Waals surface area contributed by atoms with Gasteiger partial charge in [0.25, 0.3) is 0 Å². The maximum Gasteiger partial charge on any atom is 0.363 e. The van der Waals surface area contributed by atoms with Crippen LogP contribution in [0.5, 0.6) is 0 Å². The lowest BCUT2D eigenvalue weighted by Crippen LogP contribution is -2.05. The number of cyclic esters (lactones) is 1. The second-order valence-electron chi connectivity index (χ2n) is 4.73. The number of halogens is 1. The summed E-state index contributed by atoms with van der Waals surface area (Å²) in [6, 6.07) is 13.7. The van der Waals surface area contributed by atoms with Gasteiger partial charge in [0.15, 0.2) is 5.70 Å². The van der Waals surface area contributed by atoms with Crippen LogP contribution >= 0.6 is 0 Å². The van der Waals surface area contributed by atoms with Gasteiger partial charge in [-0.05, 0) is 31.2 Å². The number of hydrogen-bond donors (Lipinski definition) is 0. The lowest BCUT2D eigenvalue weighted by molar-refractivity contribution is -0.129. The minimum Gasteiger partial charge on any atom is -0.402 e. The van der Waals surface area contributed by atoms with E-state index in [4.69, 9.17) is 4.74 Å². The molecule has 0 unspecified atom stereocenters. The topological polar surface area (TPSA) is 38.7 Å². The molecule has 0 spiro atoms. The van der Waals surface area contributed by atoms with Crippen LogP contribution in [-0.4, -0.2) is 11.9 Å². The largest absolute Gasteiger partial charge is 0.402 e. The summed E-state index contributed by atoms with van der Waals surface area (Å²) in [7, 11) is 0. The molecule has 0 radical (unpaired) electrons. The maximum absolute atomic E-state index is 13.6. The standard InChI is InChI=1S/C17H12FNO2/c1-11-5-4-7-13(9-11)16-19-15(17(20)21-16)10-12-6-2-3-8-14(12)18/h2-10H,1H3. The molecule has 0 aromatic heterocycles. The third-order valence-corrected chi connectivity index (χ3v) is 3.08. The first-order valence-corrected chi connectivity index (χ1v) is 6.47. The summed E-state index contributed by atoms with van der Waals surface area (Å²) in [6.07, 6.45) is 1.39. The van der Waals surface area contributed by atoms with Crippen molar-refractivity contribution in [3.8, 4) is 0 Å². The summed E-state index contributed by atoms with van der Waals surface area (Å²) in [4.78, 5) is 16.0. The zero-order valence-corrected chi connectivity index (χ0v) is 11.3.